The van der Waals surface area contributed by atoms with Crippen LogP contribution < -0.4 is 4.31 Å². The Labute approximate surface area is 182 Å². The van der Waals surface area contributed by atoms with Crippen LogP contribution in [0.15, 0.2) is 47.4 Å². The van der Waals surface area contributed by atoms with E-state index < -0.39 is 10.0 Å². The van der Waals surface area contributed by atoms with Gasteiger partial charge in [-0.05, 0) is 56.0 Å². The molecule has 0 aliphatic carbocycles. The molecule has 1 amide bonds. The maximum Gasteiger partial charge on any atom is 0.264 e. The Bertz CT molecular complexity index is 973. The van der Waals surface area contributed by atoms with Gasteiger partial charge in [0.15, 0.2) is 0 Å². The number of aryl methyl sites for hydroxylation is 1. The molecule has 156 valence electrons. The summed E-state index contributed by atoms with van der Waals surface area (Å²) in [5.41, 5.74) is 1.21. The normalized spacial score (nSPS) is 17.2. The van der Waals surface area contributed by atoms with Crippen LogP contribution in [0.5, 0.6) is 0 Å². The molecule has 0 saturated carbocycles. The van der Waals surface area contributed by atoms with E-state index in [1.807, 2.05) is 6.92 Å². The average Bonchev–Trinajstić information content (AvgIpc) is 2.65. The second kappa shape index (κ2) is 8.94. The largest absolute Gasteiger partial charge is 0.341 e. The summed E-state index contributed by atoms with van der Waals surface area (Å²) >= 11 is 12.2. The van der Waals surface area contributed by atoms with Gasteiger partial charge in [-0.25, -0.2) is 8.42 Å². The predicted molar refractivity (Wildman–Crippen MR) is 117 cm³/mol. The van der Waals surface area contributed by atoms with Gasteiger partial charge in [-0.15, -0.1) is 0 Å². The summed E-state index contributed by atoms with van der Waals surface area (Å²) in [5, 5.41) is 0.603. The van der Waals surface area contributed by atoms with Crippen LogP contribution in [0.3, 0.4) is 0 Å². The van der Waals surface area contributed by atoms with Crippen LogP contribution >= 0.6 is 23.2 Å². The minimum atomic E-state index is -3.98. The van der Waals surface area contributed by atoms with Crippen molar-refractivity contribution in [1.29, 1.82) is 0 Å². The van der Waals surface area contributed by atoms with Gasteiger partial charge in [0.2, 0.25) is 5.91 Å². The maximum absolute atomic E-state index is 13.4. The second-order valence-corrected chi connectivity index (χ2v) is 10.3. The molecular formula is C21H24Cl2N2O3S. The van der Waals surface area contributed by atoms with Crippen molar-refractivity contribution in [3.8, 4) is 0 Å². The number of carbonyl (C=O) groups excluding carboxylic acids is 1. The van der Waals surface area contributed by atoms with E-state index in [2.05, 4.69) is 6.92 Å². The van der Waals surface area contributed by atoms with E-state index in [0.717, 1.165) is 22.7 Å². The lowest BCUT2D eigenvalue weighted by Gasteiger charge is -2.33. The number of carbonyl (C=O) groups is 1. The van der Waals surface area contributed by atoms with Crippen LogP contribution in [-0.4, -0.2) is 38.9 Å². The molecule has 0 aromatic heterocycles. The highest BCUT2D eigenvalue weighted by molar-refractivity contribution is 7.92. The molecule has 0 N–H and O–H groups in total. The molecular weight excluding hydrogens is 431 g/mol. The molecule has 2 aromatic rings. The molecule has 0 spiro atoms. The molecule has 8 heteroatoms. The van der Waals surface area contributed by atoms with Gasteiger partial charge in [0.05, 0.1) is 10.6 Å². The number of benzene rings is 2. The van der Waals surface area contributed by atoms with Crippen LogP contribution in [0.1, 0.15) is 25.3 Å². The summed E-state index contributed by atoms with van der Waals surface area (Å²) in [5.74, 6) is 0.166. The Morgan fingerprint density at radius 3 is 2.34 bits per heavy atom. The summed E-state index contributed by atoms with van der Waals surface area (Å²) in [6.07, 6.45) is 1.99. The topological polar surface area (TPSA) is 57.7 Å². The van der Waals surface area contributed by atoms with E-state index in [0.29, 0.717) is 29.1 Å². The Hall–Kier alpha value is -1.76. The van der Waals surface area contributed by atoms with Gasteiger partial charge in [-0.1, -0.05) is 47.8 Å². The lowest BCUT2D eigenvalue weighted by molar-refractivity contribution is -0.131. The summed E-state index contributed by atoms with van der Waals surface area (Å²) in [6.45, 7) is 4.94. The highest BCUT2D eigenvalue weighted by atomic mass is 35.5. The lowest BCUT2D eigenvalue weighted by atomic mass is 10.0. The molecule has 1 saturated heterocycles. The van der Waals surface area contributed by atoms with E-state index in [4.69, 9.17) is 23.2 Å². The third kappa shape index (κ3) is 5.24. The molecule has 1 heterocycles. The molecule has 2 aromatic carbocycles. The number of halogens is 2. The Morgan fingerprint density at radius 1 is 1.14 bits per heavy atom. The Kier molecular flexibility index (Phi) is 6.76. The highest BCUT2D eigenvalue weighted by Crippen LogP contribution is 2.30. The fourth-order valence-electron chi connectivity index (χ4n) is 3.47. The quantitative estimate of drug-likeness (QED) is 0.654. The SMILES string of the molecule is Cc1ccc(S(=O)(=O)N(CC(=O)N2CCCC(C)C2)c2cc(Cl)cc(Cl)c2)cc1. The van der Waals surface area contributed by atoms with Crippen molar-refractivity contribution in [2.24, 2.45) is 5.92 Å². The number of anilines is 1. The fourth-order valence-corrected chi connectivity index (χ4v) is 5.39. The summed E-state index contributed by atoms with van der Waals surface area (Å²) in [6, 6.07) is 11.1. The maximum atomic E-state index is 13.4. The smallest absolute Gasteiger partial charge is 0.264 e. The van der Waals surface area contributed by atoms with Crippen molar-refractivity contribution in [3.05, 3.63) is 58.1 Å². The summed E-state index contributed by atoms with van der Waals surface area (Å²) in [4.78, 5) is 14.8. The molecule has 1 aliphatic heterocycles. The van der Waals surface area contributed by atoms with E-state index in [9.17, 15) is 13.2 Å². The number of hydrogen-bond acceptors (Lipinski definition) is 3. The minimum Gasteiger partial charge on any atom is -0.341 e. The molecule has 29 heavy (non-hydrogen) atoms. The van der Waals surface area contributed by atoms with E-state index >= 15 is 0 Å². The van der Waals surface area contributed by atoms with Gasteiger partial charge in [0.1, 0.15) is 6.54 Å². The molecule has 0 radical (unpaired) electrons. The van der Waals surface area contributed by atoms with Crippen molar-refractivity contribution >= 4 is 44.8 Å². The zero-order chi connectivity index (χ0) is 21.2. The molecule has 3 rings (SSSR count). The molecule has 0 bridgehead atoms. The van der Waals surface area contributed by atoms with Crippen LogP contribution in [-0.2, 0) is 14.8 Å². The van der Waals surface area contributed by atoms with Crippen molar-refractivity contribution in [2.75, 3.05) is 23.9 Å². The van der Waals surface area contributed by atoms with E-state index in [-0.39, 0.29) is 23.0 Å². The third-order valence-electron chi connectivity index (χ3n) is 5.03. The number of hydrogen-bond donors (Lipinski definition) is 0. The van der Waals surface area contributed by atoms with Crippen molar-refractivity contribution in [3.63, 3.8) is 0 Å². The van der Waals surface area contributed by atoms with Gasteiger partial charge in [0, 0.05) is 23.1 Å². The summed E-state index contributed by atoms with van der Waals surface area (Å²) in [7, 11) is -3.98. The van der Waals surface area contributed by atoms with Gasteiger partial charge < -0.3 is 4.90 Å². The van der Waals surface area contributed by atoms with Gasteiger partial charge >= 0.3 is 0 Å². The first-order valence-corrected chi connectivity index (χ1v) is 11.7. The first-order valence-electron chi connectivity index (χ1n) is 9.50. The van der Waals surface area contributed by atoms with Gasteiger partial charge in [0.25, 0.3) is 10.0 Å². The number of sulfonamides is 1. The Balaban J connectivity index is 1.99. The van der Waals surface area contributed by atoms with Gasteiger partial charge in [-0.3, -0.25) is 9.10 Å². The second-order valence-electron chi connectivity index (χ2n) is 7.54. The van der Waals surface area contributed by atoms with Crippen molar-refractivity contribution in [2.45, 2.75) is 31.6 Å². The van der Waals surface area contributed by atoms with Gasteiger partial charge in [-0.2, -0.15) is 0 Å². The van der Waals surface area contributed by atoms with E-state index in [1.54, 1.807) is 17.0 Å². The Morgan fingerprint density at radius 2 is 1.76 bits per heavy atom. The number of nitrogens with zero attached hydrogens (tertiary/aromatic N) is 2. The molecule has 1 fully saturated rings. The number of rotatable bonds is 5. The van der Waals surface area contributed by atoms with Crippen LogP contribution in [0.4, 0.5) is 5.69 Å². The predicted octanol–water partition coefficient (Wildman–Crippen LogP) is 4.76. The zero-order valence-corrected chi connectivity index (χ0v) is 18.8. The third-order valence-corrected chi connectivity index (χ3v) is 7.26. The molecule has 1 atom stereocenters. The van der Waals surface area contributed by atoms with Crippen molar-refractivity contribution in [1.82, 2.24) is 4.90 Å². The highest BCUT2D eigenvalue weighted by Gasteiger charge is 2.30. The fraction of sp³-hybridized carbons (Fsp3) is 0.381. The summed E-state index contributed by atoms with van der Waals surface area (Å²) < 4.78 is 27.9. The minimum absolute atomic E-state index is 0.110. The molecule has 5 nitrogen and oxygen atoms in total. The number of piperidine rings is 1. The first-order chi connectivity index (χ1) is 13.7. The number of amides is 1. The molecule has 1 aliphatic rings. The number of likely N-dealkylation sites (tertiary alicyclic amines) is 1. The van der Waals surface area contributed by atoms with Crippen molar-refractivity contribution < 1.29 is 13.2 Å². The average molecular weight is 455 g/mol. The van der Waals surface area contributed by atoms with Crippen LogP contribution in [0.25, 0.3) is 0 Å². The van der Waals surface area contributed by atoms with Crippen LogP contribution in [0.2, 0.25) is 10.0 Å². The standard InChI is InChI=1S/C21H24Cl2N2O3S/c1-15-5-7-20(8-6-15)29(27,28)25(19-11-17(22)10-18(23)12-19)14-21(26)24-9-3-4-16(2)13-24/h5-8,10-12,16H,3-4,9,13-14H2,1-2H3. The lowest BCUT2D eigenvalue weighted by Crippen LogP contribution is -2.46. The first kappa shape index (κ1) is 21.9. The zero-order valence-electron chi connectivity index (χ0n) is 16.4. The van der Waals surface area contributed by atoms with E-state index in [1.165, 1.54) is 30.3 Å². The monoisotopic (exact) mass is 454 g/mol. The molecule has 1 unspecified atom stereocenters. The van der Waals surface area contributed by atoms with Crippen LogP contribution in [0, 0.1) is 12.8 Å².